The zero-order valence-corrected chi connectivity index (χ0v) is 11.6. The molecule has 0 unspecified atom stereocenters. The van der Waals surface area contributed by atoms with Gasteiger partial charge in [-0.25, -0.2) is 17.9 Å². The lowest BCUT2D eigenvalue weighted by Gasteiger charge is -2.05. The predicted octanol–water partition coefficient (Wildman–Crippen LogP) is 1.04. The molecule has 0 saturated carbocycles. The molecule has 0 bridgehead atoms. The Labute approximate surface area is 111 Å². The first-order chi connectivity index (χ1) is 8.38. The molecule has 8 heteroatoms. The molecule has 0 aliphatic rings. The molecule has 2 rings (SSSR count). The Bertz CT molecular complexity index is 760. The third-order valence-corrected chi connectivity index (χ3v) is 3.93. The summed E-state index contributed by atoms with van der Waals surface area (Å²) in [4.78, 5) is 16.2. The van der Waals surface area contributed by atoms with E-state index in [2.05, 4.69) is 37.2 Å². The van der Waals surface area contributed by atoms with Gasteiger partial charge in [-0.2, -0.15) is 0 Å². The Hall–Kier alpha value is -1.38. The normalized spacial score (nSPS) is 11.8. The van der Waals surface area contributed by atoms with Crippen LogP contribution in [-0.4, -0.2) is 24.9 Å². The molecule has 1 heterocycles. The van der Waals surface area contributed by atoms with Gasteiger partial charge in [0.25, 0.3) is 0 Å². The van der Waals surface area contributed by atoms with Crippen molar-refractivity contribution in [3.8, 4) is 0 Å². The molecule has 0 spiro atoms. The van der Waals surface area contributed by atoms with Gasteiger partial charge in [0.05, 0.1) is 15.9 Å². The highest BCUT2D eigenvalue weighted by Gasteiger charge is 2.14. The Kier molecular flexibility index (Phi) is 3.42. The number of sulfonamides is 1. The van der Waals surface area contributed by atoms with Gasteiger partial charge >= 0.3 is 5.69 Å². The highest BCUT2D eigenvalue weighted by atomic mass is 79.9. The van der Waals surface area contributed by atoms with Gasteiger partial charge in [0.2, 0.25) is 10.0 Å². The minimum atomic E-state index is -3.61. The molecular weight excluding hydrogens is 322 g/mol. The second-order valence-electron chi connectivity index (χ2n) is 3.63. The van der Waals surface area contributed by atoms with Gasteiger partial charge in [-0.3, -0.25) is 0 Å². The van der Waals surface area contributed by atoms with Crippen molar-refractivity contribution in [3.63, 3.8) is 0 Å². The molecule has 96 valence electrons. The summed E-state index contributed by atoms with van der Waals surface area (Å²) in [5.74, 6) is 0. The first-order valence-electron chi connectivity index (χ1n) is 4.93. The highest BCUT2D eigenvalue weighted by Crippen LogP contribution is 2.15. The van der Waals surface area contributed by atoms with Crippen LogP contribution in [0.1, 0.15) is 0 Å². The average molecular weight is 332 g/mol. The maximum Gasteiger partial charge on any atom is 0.323 e. The van der Waals surface area contributed by atoms with Crippen LogP contribution in [0.15, 0.2) is 39.0 Å². The van der Waals surface area contributed by atoms with Crippen LogP contribution in [-0.2, 0) is 10.0 Å². The molecular formula is C10H10BrN3O3S. The van der Waals surface area contributed by atoms with Crippen LogP contribution in [0, 0.1) is 0 Å². The lowest BCUT2D eigenvalue weighted by Crippen LogP contribution is -2.24. The monoisotopic (exact) mass is 331 g/mol. The van der Waals surface area contributed by atoms with E-state index in [1.54, 1.807) is 0 Å². The molecule has 0 saturated heterocycles. The van der Waals surface area contributed by atoms with Crippen molar-refractivity contribution < 1.29 is 8.42 Å². The Morgan fingerprint density at radius 1 is 1.33 bits per heavy atom. The highest BCUT2D eigenvalue weighted by molar-refractivity contribution is 9.11. The number of benzene rings is 1. The minimum Gasteiger partial charge on any atom is -0.306 e. The van der Waals surface area contributed by atoms with Crippen molar-refractivity contribution in [1.82, 2.24) is 14.7 Å². The van der Waals surface area contributed by atoms with Crippen molar-refractivity contribution >= 4 is 37.0 Å². The summed E-state index contributed by atoms with van der Waals surface area (Å²) in [5, 5.41) is 0. The minimum absolute atomic E-state index is 0.0824. The van der Waals surface area contributed by atoms with Crippen LogP contribution in [0.3, 0.4) is 0 Å². The first-order valence-corrected chi connectivity index (χ1v) is 7.21. The zero-order valence-electron chi connectivity index (χ0n) is 9.16. The fraction of sp³-hybridized carbons (Fsp3) is 0.100. The molecule has 0 aliphatic heterocycles. The van der Waals surface area contributed by atoms with E-state index in [9.17, 15) is 13.2 Å². The molecule has 0 amide bonds. The third kappa shape index (κ3) is 2.71. The lowest BCUT2D eigenvalue weighted by atomic mass is 10.3. The summed E-state index contributed by atoms with van der Waals surface area (Å²) in [5.41, 5.74) is 0.630. The second kappa shape index (κ2) is 4.71. The fourth-order valence-corrected chi connectivity index (χ4v) is 2.81. The van der Waals surface area contributed by atoms with Gasteiger partial charge in [-0.05, 0) is 18.2 Å². The number of nitrogens with one attached hydrogen (secondary N) is 3. The van der Waals surface area contributed by atoms with Crippen molar-refractivity contribution in [2.75, 3.05) is 6.54 Å². The number of hydrogen-bond acceptors (Lipinski definition) is 3. The first kappa shape index (κ1) is 13.1. The number of aromatic amines is 2. The van der Waals surface area contributed by atoms with Crippen molar-refractivity contribution in [2.24, 2.45) is 0 Å². The van der Waals surface area contributed by atoms with Crippen LogP contribution >= 0.6 is 15.9 Å². The number of aromatic nitrogens is 2. The Morgan fingerprint density at radius 2 is 2.00 bits per heavy atom. The van der Waals surface area contributed by atoms with E-state index < -0.39 is 10.0 Å². The summed E-state index contributed by atoms with van der Waals surface area (Å²) in [7, 11) is -3.61. The molecule has 0 atom stereocenters. The third-order valence-electron chi connectivity index (χ3n) is 2.25. The fourth-order valence-electron chi connectivity index (χ4n) is 1.44. The van der Waals surface area contributed by atoms with E-state index >= 15 is 0 Å². The largest absolute Gasteiger partial charge is 0.323 e. The van der Waals surface area contributed by atoms with Gasteiger partial charge in [-0.15, -0.1) is 0 Å². The van der Waals surface area contributed by atoms with Crippen LogP contribution in [0.2, 0.25) is 0 Å². The smallest absolute Gasteiger partial charge is 0.306 e. The predicted molar refractivity (Wildman–Crippen MR) is 72.2 cm³/mol. The number of imidazole rings is 1. The molecule has 18 heavy (non-hydrogen) atoms. The average Bonchev–Trinajstić information content (AvgIpc) is 2.65. The summed E-state index contributed by atoms with van der Waals surface area (Å²) in [6.45, 7) is 3.64. The van der Waals surface area contributed by atoms with Gasteiger partial charge in [0.15, 0.2) is 0 Å². The topological polar surface area (TPSA) is 94.8 Å². The molecule has 2 aromatic rings. The number of halogens is 1. The van der Waals surface area contributed by atoms with Gasteiger partial charge < -0.3 is 9.97 Å². The van der Waals surface area contributed by atoms with Crippen LogP contribution < -0.4 is 10.4 Å². The van der Waals surface area contributed by atoms with E-state index in [0.29, 0.717) is 15.5 Å². The summed E-state index contributed by atoms with van der Waals surface area (Å²) in [6.07, 6.45) is 0. The molecule has 3 N–H and O–H groups in total. The van der Waals surface area contributed by atoms with Crippen molar-refractivity contribution in [3.05, 3.63) is 39.7 Å². The number of fused-ring (bicyclic) bond motifs is 1. The summed E-state index contributed by atoms with van der Waals surface area (Å²) < 4.78 is 26.7. The quantitative estimate of drug-likeness (QED) is 0.781. The zero-order chi connectivity index (χ0) is 13.3. The van der Waals surface area contributed by atoms with Crippen LogP contribution in [0.5, 0.6) is 0 Å². The van der Waals surface area contributed by atoms with E-state index in [1.807, 2.05) is 0 Å². The second-order valence-corrected chi connectivity index (χ2v) is 6.52. The molecule has 6 nitrogen and oxygen atoms in total. The molecule has 0 radical (unpaired) electrons. The Morgan fingerprint density at radius 3 is 2.67 bits per heavy atom. The molecule has 0 aliphatic carbocycles. The maximum atomic E-state index is 11.9. The molecule has 0 fully saturated rings. The van der Waals surface area contributed by atoms with Crippen LogP contribution in [0.25, 0.3) is 11.0 Å². The number of H-pyrrole nitrogens is 2. The summed E-state index contributed by atoms with van der Waals surface area (Å²) in [6, 6.07) is 4.35. The number of hydrogen-bond donors (Lipinski definition) is 3. The van der Waals surface area contributed by atoms with E-state index in [-0.39, 0.29) is 17.1 Å². The van der Waals surface area contributed by atoms with Gasteiger partial charge in [-0.1, -0.05) is 22.5 Å². The Balaban J connectivity index is 2.41. The van der Waals surface area contributed by atoms with Crippen molar-refractivity contribution in [2.45, 2.75) is 4.90 Å². The van der Waals surface area contributed by atoms with E-state index in [0.717, 1.165) is 0 Å². The standard InChI is InChI=1S/C10H10BrN3O3S/c1-6(11)5-12-18(16,17)7-2-3-8-9(4-7)14-10(15)13-8/h2-4,12H,1,5H2,(H2,13,14,15). The SMILES string of the molecule is C=C(Br)CNS(=O)(=O)c1ccc2[nH]c(=O)[nH]c2c1. The summed E-state index contributed by atoms with van der Waals surface area (Å²) >= 11 is 3.07. The number of rotatable bonds is 4. The van der Waals surface area contributed by atoms with Gasteiger partial charge in [0, 0.05) is 11.0 Å². The van der Waals surface area contributed by atoms with E-state index in [4.69, 9.17) is 0 Å². The molecule has 1 aromatic carbocycles. The van der Waals surface area contributed by atoms with Crippen molar-refractivity contribution in [1.29, 1.82) is 0 Å². The maximum absolute atomic E-state index is 11.9. The molecule has 1 aromatic heterocycles. The lowest BCUT2D eigenvalue weighted by molar-refractivity contribution is 0.585. The van der Waals surface area contributed by atoms with E-state index in [1.165, 1.54) is 18.2 Å². The van der Waals surface area contributed by atoms with Crippen LogP contribution in [0.4, 0.5) is 0 Å². The van der Waals surface area contributed by atoms with Gasteiger partial charge in [0.1, 0.15) is 0 Å².